The zero-order chi connectivity index (χ0) is 23.5. The number of ether oxygens (including phenoxy) is 1. The van der Waals surface area contributed by atoms with Gasteiger partial charge >= 0.3 is 5.97 Å². The Bertz CT molecular complexity index is 1300. The predicted octanol–water partition coefficient (Wildman–Crippen LogP) is 3.23. The first kappa shape index (κ1) is 21.4. The number of carbonyl (C=O) groups is 3. The number of esters is 1. The van der Waals surface area contributed by atoms with Gasteiger partial charge in [0.25, 0.3) is 11.8 Å². The normalized spacial score (nSPS) is 13.8. The number of nitrogens with zero attached hydrogens (tertiary/aromatic N) is 3. The second kappa shape index (κ2) is 9.22. The van der Waals surface area contributed by atoms with Crippen LogP contribution in [0.4, 0.5) is 0 Å². The van der Waals surface area contributed by atoms with Crippen LogP contribution in [0.5, 0.6) is 0 Å². The van der Waals surface area contributed by atoms with Crippen LogP contribution < -0.4 is 0 Å². The summed E-state index contributed by atoms with van der Waals surface area (Å²) in [4.78, 5) is 45.4. The maximum atomic E-state index is 12.8. The molecule has 3 heterocycles. The van der Waals surface area contributed by atoms with E-state index in [9.17, 15) is 14.4 Å². The monoisotopic (exact) mass is 459 g/mol. The Kier molecular flexibility index (Phi) is 5.82. The molecule has 1 saturated heterocycles. The molecule has 0 radical (unpaired) electrons. The number of furan rings is 1. The lowest BCUT2D eigenvalue weighted by molar-refractivity contribution is -0.136. The largest absolute Gasteiger partial charge is 0.459 e. The van der Waals surface area contributed by atoms with Crippen molar-refractivity contribution in [2.45, 2.75) is 0 Å². The number of piperazine rings is 1. The van der Waals surface area contributed by atoms with Gasteiger partial charge in [-0.05, 0) is 36.4 Å². The van der Waals surface area contributed by atoms with Gasteiger partial charge < -0.3 is 23.4 Å². The molecule has 4 aromatic rings. The lowest BCUT2D eigenvalue weighted by atomic mass is 10.1. The molecule has 0 bridgehead atoms. The van der Waals surface area contributed by atoms with Crippen molar-refractivity contribution < 1.29 is 28.0 Å². The highest BCUT2D eigenvalue weighted by Gasteiger charge is 2.27. The van der Waals surface area contributed by atoms with Crippen LogP contribution in [-0.2, 0) is 9.53 Å². The fourth-order valence-electron chi connectivity index (χ4n) is 3.85. The third-order valence-electron chi connectivity index (χ3n) is 5.65. The summed E-state index contributed by atoms with van der Waals surface area (Å²) in [5, 5.41) is 0. The average Bonchev–Trinajstić information content (AvgIpc) is 3.57. The number of carbonyl (C=O) groups excluding carboxylic acids is 3. The number of hydrogen-bond donors (Lipinski definition) is 0. The molecule has 9 nitrogen and oxygen atoms in total. The zero-order valence-electron chi connectivity index (χ0n) is 18.2. The van der Waals surface area contributed by atoms with Crippen LogP contribution >= 0.6 is 0 Å². The van der Waals surface area contributed by atoms with E-state index in [1.54, 1.807) is 52.3 Å². The predicted molar refractivity (Wildman–Crippen MR) is 121 cm³/mol. The van der Waals surface area contributed by atoms with Gasteiger partial charge in [0.05, 0.1) is 17.4 Å². The van der Waals surface area contributed by atoms with Gasteiger partial charge in [-0.15, -0.1) is 0 Å². The summed E-state index contributed by atoms with van der Waals surface area (Å²) in [6, 6.07) is 17.4. The quantitative estimate of drug-likeness (QED) is 0.422. The fourth-order valence-corrected chi connectivity index (χ4v) is 3.85. The zero-order valence-corrected chi connectivity index (χ0v) is 18.2. The third-order valence-corrected chi connectivity index (χ3v) is 5.65. The summed E-state index contributed by atoms with van der Waals surface area (Å²) in [5.74, 6) is -0.598. The minimum atomic E-state index is -0.641. The van der Waals surface area contributed by atoms with Crippen molar-refractivity contribution in [3.63, 3.8) is 0 Å². The van der Waals surface area contributed by atoms with Gasteiger partial charge in [-0.3, -0.25) is 9.59 Å². The molecule has 5 rings (SSSR count). The Balaban J connectivity index is 1.20. The number of aromatic nitrogens is 1. The van der Waals surface area contributed by atoms with Gasteiger partial charge in [-0.25, -0.2) is 9.78 Å². The molecule has 9 heteroatoms. The third kappa shape index (κ3) is 4.27. The highest BCUT2D eigenvalue weighted by molar-refractivity contribution is 5.97. The average molecular weight is 459 g/mol. The molecule has 1 aliphatic rings. The summed E-state index contributed by atoms with van der Waals surface area (Å²) in [6.07, 6.45) is 1.45. The molecule has 0 N–H and O–H groups in total. The van der Waals surface area contributed by atoms with E-state index in [-0.39, 0.29) is 23.1 Å². The summed E-state index contributed by atoms with van der Waals surface area (Å²) < 4.78 is 16.3. The van der Waals surface area contributed by atoms with Gasteiger partial charge in [0.1, 0.15) is 5.52 Å². The summed E-state index contributed by atoms with van der Waals surface area (Å²) in [6.45, 7) is 1.05. The van der Waals surface area contributed by atoms with Crippen LogP contribution in [0.1, 0.15) is 20.9 Å². The van der Waals surface area contributed by atoms with Gasteiger partial charge in [-0.2, -0.15) is 0 Å². The van der Waals surface area contributed by atoms with Crippen LogP contribution in [-0.4, -0.2) is 65.4 Å². The molecule has 0 unspecified atom stereocenters. The van der Waals surface area contributed by atoms with Crippen molar-refractivity contribution in [3.05, 3.63) is 78.3 Å². The van der Waals surface area contributed by atoms with Crippen LogP contribution in [0, 0.1) is 0 Å². The Hall–Kier alpha value is -4.40. The molecule has 2 aromatic carbocycles. The summed E-state index contributed by atoms with van der Waals surface area (Å²) in [5.41, 5.74) is 2.04. The summed E-state index contributed by atoms with van der Waals surface area (Å²) in [7, 11) is 0. The van der Waals surface area contributed by atoms with E-state index >= 15 is 0 Å². The maximum absolute atomic E-state index is 12.8. The first-order valence-corrected chi connectivity index (χ1v) is 10.8. The Morgan fingerprint density at radius 1 is 0.882 bits per heavy atom. The number of rotatable bonds is 5. The molecular formula is C25H21N3O6. The summed E-state index contributed by atoms with van der Waals surface area (Å²) >= 11 is 0. The molecule has 172 valence electrons. The van der Waals surface area contributed by atoms with E-state index in [4.69, 9.17) is 13.6 Å². The minimum absolute atomic E-state index is 0.209. The molecule has 1 fully saturated rings. The van der Waals surface area contributed by atoms with Gasteiger partial charge in [0.15, 0.2) is 18.0 Å². The van der Waals surface area contributed by atoms with Crippen molar-refractivity contribution in [2.24, 2.45) is 0 Å². The number of benzene rings is 2. The second-order valence-electron chi connectivity index (χ2n) is 7.76. The maximum Gasteiger partial charge on any atom is 0.339 e. The second-order valence-corrected chi connectivity index (χ2v) is 7.76. The number of para-hydroxylation sites is 2. The van der Waals surface area contributed by atoms with E-state index < -0.39 is 12.6 Å². The smallest absolute Gasteiger partial charge is 0.339 e. The van der Waals surface area contributed by atoms with Crippen LogP contribution in [0.25, 0.3) is 22.6 Å². The van der Waals surface area contributed by atoms with Crippen molar-refractivity contribution in [1.29, 1.82) is 0 Å². The van der Waals surface area contributed by atoms with E-state index in [0.29, 0.717) is 48.7 Å². The van der Waals surface area contributed by atoms with Gasteiger partial charge in [0.2, 0.25) is 5.89 Å². The van der Waals surface area contributed by atoms with Crippen molar-refractivity contribution in [2.75, 3.05) is 32.8 Å². The standard InChI is InChI=1S/C25H21N3O6/c29-22(27-11-13-28(14-12-27)24(30)21-10-5-15-32-21)16-33-25(31)18-7-2-1-6-17(18)23-26-19-8-3-4-9-20(19)34-23/h1-10,15H,11-14,16H2. The fraction of sp³-hybridized carbons (Fsp3) is 0.200. The number of oxazole rings is 1. The van der Waals surface area contributed by atoms with Crippen molar-refractivity contribution in [3.8, 4) is 11.5 Å². The minimum Gasteiger partial charge on any atom is -0.459 e. The molecular weight excluding hydrogens is 438 g/mol. The first-order chi connectivity index (χ1) is 16.6. The van der Waals surface area contributed by atoms with Gasteiger partial charge in [0, 0.05) is 26.2 Å². The van der Waals surface area contributed by atoms with Gasteiger partial charge in [-0.1, -0.05) is 24.3 Å². The number of hydrogen-bond acceptors (Lipinski definition) is 7. The van der Waals surface area contributed by atoms with E-state index in [1.165, 1.54) is 6.26 Å². The van der Waals surface area contributed by atoms with Crippen molar-refractivity contribution >= 4 is 28.9 Å². The topological polar surface area (TPSA) is 106 Å². The number of amides is 2. The Morgan fingerprint density at radius 2 is 1.62 bits per heavy atom. The van der Waals surface area contributed by atoms with Crippen molar-refractivity contribution in [1.82, 2.24) is 14.8 Å². The SMILES string of the molecule is O=C(OCC(=O)N1CCN(C(=O)c2ccco2)CC1)c1ccccc1-c1nc2ccccc2o1. The molecule has 0 aliphatic carbocycles. The van der Waals surface area contributed by atoms with Crippen LogP contribution in [0.3, 0.4) is 0 Å². The molecule has 2 aromatic heterocycles. The number of fused-ring (bicyclic) bond motifs is 1. The highest BCUT2D eigenvalue weighted by Crippen LogP contribution is 2.27. The lowest BCUT2D eigenvalue weighted by Crippen LogP contribution is -2.51. The highest BCUT2D eigenvalue weighted by atomic mass is 16.5. The molecule has 0 spiro atoms. The first-order valence-electron chi connectivity index (χ1n) is 10.8. The molecule has 0 saturated carbocycles. The Labute approximate surface area is 194 Å². The van der Waals surface area contributed by atoms with E-state index in [0.717, 1.165) is 0 Å². The molecule has 1 aliphatic heterocycles. The lowest BCUT2D eigenvalue weighted by Gasteiger charge is -2.34. The Morgan fingerprint density at radius 3 is 2.38 bits per heavy atom. The van der Waals surface area contributed by atoms with Crippen LogP contribution in [0.15, 0.2) is 75.8 Å². The van der Waals surface area contributed by atoms with E-state index in [2.05, 4.69) is 4.98 Å². The van der Waals surface area contributed by atoms with E-state index in [1.807, 2.05) is 18.2 Å². The molecule has 34 heavy (non-hydrogen) atoms. The molecule has 2 amide bonds. The van der Waals surface area contributed by atoms with Crippen LogP contribution in [0.2, 0.25) is 0 Å². The molecule has 0 atom stereocenters.